The van der Waals surface area contributed by atoms with Gasteiger partial charge in [0, 0.05) is 47.7 Å². The second-order valence-electron chi connectivity index (χ2n) is 8.45. The van der Waals surface area contributed by atoms with E-state index in [2.05, 4.69) is 15.9 Å². The lowest BCUT2D eigenvalue weighted by atomic mass is 9.72. The van der Waals surface area contributed by atoms with Crippen LogP contribution in [0.2, 0.25) is 0 Å². The van der Waals surface area contributed by atoms with Gasteiger partial charge in [-0.05, 0) is 60.9 Å². The van der Waals surface area contributed by atoms with Gasteiger partial charge in [-0.25, -0.2) is 0 Å². The predicted octanol–water partition coefficient (Wildman–Crippen LogP) is 5.25. The molecule has 4 nitrogen and oxygen atoms in total. The summed E-state index contributed by atoms with van der Waals surface area (Å²) in [6.07, 6.45) is 0.518. The fourth-order valence-corrected chi connectivity index (χ4v) is 4.52. The van der Waals surface area contributed by atoms with Crippen LogP contribution in [0.5, 0.6) is 0 Å². The summed E-state index contributed by atoms with van der Waals surface area (Å²) >= 11 is 3.38. The van der Waals surface area contributed by atoms with Crippen LogP contribution in [-0.2, 0) is 11.0 Å². The van der Waals surface area contributed by atoms with Gasteiger partial charge in [0.2, 0.25) is 5.91 Å². The number of benzene rings is 2. The molecule has 2 aromatic rings. The zero-order valence-corrected chi connectivity index (χ0v) is 18.8. The molecule has 0 saturated carbocycles. The van der Waals surface area contributed by atoms with E-state index in [9.17, 15) is 22.8 Å². The van der Waals surface area contributed by atoms with Crippen molar-refractivity contribution in [2.24, 2.45) is 5.41 Å². The van der Waals surface area contributed by atoms with E-state index in [1.54, 1.807) is 17.1 Å². The van der Waals surface area contributed by atoms with E-state index in [0.717, 1.165) is 35.0 Å². The van der Waals surface area contributed by atoms with Crippen molar-refractivity contribution in [3.8, 4) is 0 Å². The highest BCUT2D eigenvalue weighted by Crippen LogP contribution is 2.41. The van der Waals surface area contributed by atoms with Crippen molar-refractivity contribution in [3.63, 3.8) is 0 Å². The molecule has 2 aliphatic rings. The summed E-state index contributed by atoms with van der Waals surface area (Å²) in [7, 11) is 0. The van der Waals surface area contributed by atoms with Gasteiger partial charge >= 0.3 is 6.18 Å². The van der Waals surface area contributed by atoms with Gasteiger partial charge in [0.1, 0.15) is 0 Å². The maximum atomic E-state index is 12.7. The minimum Gasteiger partial charge on any atom is -0.339 e. The summed E-state index contributed by atoms with van der Waals surface area (Å²) in [6.45, 7) is 2.41. The molecule has 0 atom stereocenters. The summed E-state index contributed by atoms with van der Waals surface area (Å²) in [4.78, 5) is 28.6. The number of halogens is 4. The smallest absolute Gasteiger partial charge is 0.339 e. The minimum atomic E-state index is -4.42. The molecule has 32 heavy (non-hydrogen) atoms. The van der Waals surface area contributed by atoms with Crippen LogP contribution in [0.4, 0.5) is 13.2 Å². The number of amides is 2. The molecule has 2 amide bonds. The van der Waals surface area contributed by atoms with Gasteiger partial charge in [-0.15, -0.1) is 0 Å². The van der Waals surface area contributed by atoms with Crippen molar-refractivity contribution >= 4 is 33.8 Å². The van der Waals surface area contributed by atoms with Gasteiger partial charge in [-0.1, -0.05) is 28.1 Å². The molecule has 0 aliphatic carbocycles. The topological polar surface area (TPSA) is 40.6 Å². The van der Waals surface area contributed by atoms with E-state index in [1.807, 2.05) is 29.2 Å². The summed E-state index contributed by atoms with van der Waals surface area (Å²) in [5.41, 5.74) is 0.474. The Morgan fingerprint density at radius 2 is 1.50 bits per heavy atom. The third-order valence-electron chi connectivity index (χ3n) is 6.22. The molecule has 0 radical (unpaired) electrons. The zero-order chi connectivity index (χ0) is 22.9. The average Bonchev–Trinajstić information content (AvgIpc) is 2.76. The van der Waals surface area contributed by atoms with Crippen molar-refractivity contribution in [1.82, 2.24) is 9.80 Å². The maximum absolute atomic E-state index is 12.7. The Balaban J connectivity index is 1.27. The van der Waals surface area contributed by atoms with E-state index >= 15 is 0 Å². The lowest BCUT2D eigenvalue weighted by Crippen LogP contribution is -2.62. The maximum Gasteiger partial charge on any atom is 0.416 e. The largest absolute Gasteiger partial charge is 0.416 e. The first-order valence-electron chi connectivity index (χ1n) is 10.3. The second-order valence-corrected chi connectivity index (χ2v) is 9.36. The Kier molecular flexibility index (Phi) is 6.16. The Morgan fingerprint density at radius 3 is 2.06 bits per heavy atom. The van der Waals surface area contributed by atoms with E-state index in [-0.39, 0.29) is 22.8 Å². The number of alkyl halides is 3. The highest BCUT2D eigenvalue weighted by molar-refractivity contribution is 9.10. The van der Waals surface area contributed by atoms with E-state index in [4.69, 9.17) is 0 Å². The first kappa shape index (κ1) is 22.6. The van der Waals surface area contributed by atoms with Crippen LogP contribution in [0.25, 0.3) is 6.08 Å². The normalized spacial score (nSPS) is 18.1. The summed E-state index contributed by atoms with van der Waals surface area (Å²) in [5.74, 6) is -0.278. The van der Waals surface area contributed by atoms with Gasteiger partial charge in [-0.3, -0.25) is 9.59 Å². The highest BCUT2D eigenvalue weighted by atomic mass is 79.9. The molecule has 8 heteroatoms. The summed E-state index contributed by atoms with van der Waals surface area (Å²) < 4.78 is 39.1. The Morgan fingerprint density at radius 1 is 0.906 bits per heavy atom. The first-order valence-corrected chi connectivity index (χ1v) is 11.1. The van der Waals surface area contributed by atoms with Gasteiger partial charge < -0.3 is 9.80 Å². The van der Waals surface area contributed by atoms with Crippen LogP contribution >= 0.6 is 15.9 Å². The van der Waals surface area contributed by atoms with Gasteiger partial charge in [-0.2, -0.15) is 13.2 Å². The number of hydrogen-bond donors (Lipinski definition) is 0. The number of nitrogens with zero attached hydrogens (tertiary/aromatic N) is 2. The van der Waals surface area contributed by atoms with Crippen molar-refractivity contribution in [2.45, 2.75) is 19.0 Å². The zero-order valence-electron chi connectivity index (χ0n) is 17.2. The standard InChI is InChI=1S/C24H22BrF3N2O2/c25-20-8-1-17(2-9-20)3-10-21(31)30-15-23(16-30)11-13-29(14-12-23)22(32)18-4-6-19(7-5-18)24(26,27)28/h1-10H,11-16H2/b10-3+. The third-order valence-corrected chi connectivity index (χ3v) is 6.75. The van der Waals surface area contributed by atoms with Crippen molar-refractivity contribution < 1.29 is 22.8 Å². The van der Waals surface area contributed by atoms with Gasteiger partial charge in [0.25, 0.3) is 5.91 Å². The highest BCUT2D eigenvalue weighted by Gasteiger charge is 2.46. The first-order chi connectivity index (χ1) is 15.2. The number of carbonyl (C=O) groups excluding carboxylic acids is 2. The lowest BCUT2D eigenvalue weighted by Gasteiger charge is -2.53. The quantitative estimate of drug-likeness (QED) is 0.533. The molecular formula is C24H22BrF3N2O2. The Hall–Kier alpha value is -2.61. The van der Waals surface area contributed by atoms with Crippen LogP contribution in [0.1, 0.15) is 34.3 Å². The molecular weight excluding hydrogens is 485 g/mol. The number of likely N-dealkylation sites (tertiary alicyclic amines) is 2. The van der Waals surface area contributed by atoms with Gasteiger partial charge in [0.15, 0.2) is 0 Å². The number of rotatable bonds is 3. The third kappa shape index (κ3) is 4.90. The average molecular weight is 507 g/mol. The van der Waals surface area contributed by atoms with Crippen LogP contribution in [0.3, 0.4) is 0 Å². The molecule has 2 saturated heterocycles. The van der Waals surface area contributed by atoms with Gasteiger partial charge in [0.05, 0.1) is 5.56 Å². The van der Waals surface area contributed by atoms with Crippen LogP contribution in [-0.4, -0.2) is 47.8 Å². The fraction of sp³-hybridized carbons (Fsp3) is 0.333. The molecule has 0 unspecified atom stereocenters. The molecule has 168 valence electrons. The fourth-order valence-electron chi connectivity index (χ4n) is 4.25. The molecule has 2 heterocycles. The molecule has 2 aromatic carbocycles. The second kappa shape index (κ2) is 8.73. The molecule has 2 aliphatic heterocycles. The molecule has 2 fully saturated rings. The van der Waals surface area contributed by atoms with E-state index in [0.29, 0.717) is 26.2 Å². The SMILES string of the molecule is O=C(/C=C/c1ccc(Br)cc1)N1CC2(CCN(C(=O)c3ccc(C(F)(F)F)cc3)CC2)C1. The Labute approximate surface area is 192 Å². The summed E-state index contributed by atoms with van der Waals surface area (Å²) in [5, 5.41) is 0. The molecule has 0 N–H and O–H groups in total. The van der Waals surface area contributed by atoms with Crippen molar-refractivity contribution in [3.05, 3.63) is 75.8 Å². The van der Waals surface area contributed by atoms with Crippen LogP contribution in [0, 0.1) is 5.41 Å². The van der Waals surface area contributed by atoms with E-state index < -0.39 is 11.7 Å². The molecule has 0 aromatic heterocycles. The molecule has 4 rings (SSSR count). The Bertz CT molecular complexity index is 1020. The minimum absolute atomic E-state index is 0.0258. The number of carbonyl (C=O) groups is 2. The van der Waals surface area contributed by atoms with Crippen LogP contribution < -0.4 is 0 Å². The van der Waals surface area contributed by atoms with Crippen LogP contribution in [0.15, 0.2) is 59.1 Å². The van der Waals surface area contributed by atoms with E-state index in [1.165, 1.54) is 12.1 Å². The molecule has 1 spiro atoms. The van der Waals surface area contributed by atoms with Crippen molar-refractivity contribution in [2.75, 3.05) is 26.2 Å². The number of piperidine rings is 1. The number of hydrogen-bond acceptors (Lipinski definition) is 2. The molecule has 0 bridgehead atoms. The summed E-state index contributed by atoms with van der Waals surface area (Å²) in [6, 6.07) is 12.0. The van der Waals surface area contributed by atoms with Crippen molar-refractivity contribution in [1.29, 1.82) is 0 Å². The predicted molar refractivity (Wildman–Crippen MR) is 119 cm³/mol. The monoisotopic (exact) mass is 506 g/mol. The lowest BCUT2D eigenvalue weighted by molar-refractivity contribution is -0.140.